The maximum Gasteiger partial charge on any atom is 0.236 e. The standard InChI is InChI=1S/C10H20N2O2.ClH/c1-8(11)10(13)12-6-7-14-9-4-2-3-5-9;/h8-9H,2-7,11H2,1H3,(H,12,13);1H/t8-;/m0./s1. The highest BCUT2D eigenvalue weighted by atomic mass is 35.5. The average Bonchev–Trinajstić information content (AvgIpc) is 2.64. The van der Waals surface area contributed by atoms with Crippen LogP contribution in [0, 0.1) is 0 Å². The lowest BCUT2D eigenvalue weighted by Gasteiger charge is -2.12. The third-order valence-corrected chi connectivity index (χ3v) is 2.47. The zero-order chi connectivity index (χ0) is 10.4. The lowest BCUT2D eigenvalue weighted by atomic mass is 10.3. The monoisotopic (exact) mass is 236 g/mol. The van der Waals surface area contributed by atoms with E-state index in [0.717, 1.165) is 0 Å². The molecule has 1 atom stereocenters. The van der Waals surface area contributed by atoms with E-state index < -0.39 is 6.04 Å². The summed E-state index contributed by atoms with van der Waals surface area (Å²) in [6.07, 6.45) is 5.30. The summed E-state index contributed by atoms with van der Waals surface area (Å²) < 4.78 is 5.58. The van der Waals surface area contributed by atoms with Gasteiger partial charge in [-0.1, -0.05) is 12.8 Å². The Kier molecular flexibility index (Phi) is 7.74. The molecule has 1 aliphatic carbocycles. The maximum absolute atomic E-state index is 11.0. The van der Waals surface area contributed by atoms with Crippen molar-refractivity contribution in [3.05, 3.63) is 0 Å². The van der Waals surface area contributed by atoms with Gasteiger partial charge in [-0.2, -0.15) is 0 Å². The Morgan fingerprint density at radius 2 is 2.13 bits per heavy atom. The van der Waals surface area contributed by atoms with E-state index in [-0.39, 0.29) is 18.3 Å². The van der Waals surface area contributed by atoms with E-state index in [1.807, 2.05) is 0 Å². The van der Waals surface area contributed by atoms with Crippen molar-refractivity contribution < 1.29 is 9.53 Å². The molecule has 1 aliphatic rings. The average molecular weight is 237 g/mol. The predicted octanol–water partition coefficient (Wildman–Crippen LogP) is 0.831. The van der Waals surface area contributed by atoms with Gasteiger partial charge in [-0.3, -0.25) is 4.79 Å². The van der Waals surface area contributed by atoms with E-state index in [2.05, 4.69) is 5.32 Å². The molecule has 0 aromatic heterocycles. The molecule has 1 fully saturated rings. The molecule has 1 amide bonds. The molecule has 0 spiro atoms. The maximum atomic E-state index is 11.0. The minimum atomic E-state index is -0.429. The van der Waals surface area contributed by atoms with Gasteiger partial charge in [0.2, 0.25) is 5.91 Å². The van der Waals surface area contributed by atoms with E-state index in [0.29, 0.717) is 19.3 Å². The molecule has 0 heterocycles. The largest absolute Gasteiger partial charge is 0.376 e. The predicted molar refractivity (Wildman–Crippen MR) is 62.1 cm³/mol. The summed E-state index contributed by atoms with van der Waals surface area (Å²) in [5, 5.41) is 2.72. The first kappa shape index (κ1) is 14.7. The summed E-state index contributed by atoms with van der Waals surface area (Å²) in [4.78, 5) is 11.0. The van der Waals surface area contributed by atoms with Crippen LogP contribution in [0.5, 0.6) is 0 Å². The SMILES string of the molecule is C[C@H](N)C(=O)NCCOC1CCCC1.Cl. The van der Waals surface area contributed by atoms with Crippen LogP contribution in [0.3, 0.4) is 0 Å². The molecule has 0 aromatic rings. The van der Waals surface area contributed by atoms with Gasteiger partial charge in [0, 0.05) is 6.54 Å². The molecule has 0 saturated heterocycles. The molecule has 0 bridgehead atoms. The van der Waals surface area contributed by atoms with Gasteiger partial charge < -0.3 is 15.8 Å². The second-order valence-corrected chi connectivity index (χ2v) is 3.86. The van der Waals surface area contributed by atoms with Crippen LogP contribution in [-0.4, -0.2) is 31.2 Å². The number of nitrogens with one attached hydrogen (secondary N) is 1. The topological polar surface area (TPSA) is 64.4 Å². The van der Waals surface area contributed by atoms with Crippen molar-refractivity contribution >= 4 is 18.3 Å². The fourth-order valence-electron chi connectivity index (χ4n) is 1.62. The first-order valence-electron chi connectivity index (χ1n) is 5.35. The Morgan fingerprint density at radius 3 is 2.67 bits per heavy atom. The minimum Gasteiger partial charge on any atom is -0.376 e. The smallest absolute Gasteiger partial charge is 0.236 e. The molecule has 5 heteroatoms. The number of nitrogens with two attached hydrogens (primary N) is 1. The number of amides is 1. The van der Waals surface area contributed by atoms with Crippen LogP contribution in [0.1, 0.15) is 32.6 Å². The van der Waals surface area contributed by atoms with Gasteiger partial charge in [0.05, 0.1) is 18.8 Å². The third kappa shape index (κ3) is 5.97. The first-order valence-corrected chi connectivity index (χ1v) is 5.35. The molecule has 90 valence electrons. The van der Waals surface area contributed by atoms with E-state index in [4.69, 9.17) is 10.5 Å². The van der Waals surface area contributed by atoms with Gasteiger partial charge in [-0.25, -0.2) is 0 Å². The Bertz CT molecular complexity index is 182. The molecular weight excluding hydrogens is 216 g/mol. The second kappa shape index (κ2) is 7.91. The van der Waals surface area contributed by atoms with E-state index in [1.165, 1.54) is 25.7 Å². The normalized spacial score (nSPS) is 18.3. The summed E-state index contributed by atoms with van der Waals surface area (Å²) >= 11 is 0. The van der Waals surface area contributed by atoms with Crippen molar-refractivity contribution in [2.45, 2.75) is 44.8 Å². The molecule has 0 radical (unpaired) electrons. The van der Waals surface area contributed by atoms with Crippen LogP contribution >= 0.6 is 12.4 Å². The van der Waals surface area contributed by atoms with Crippen LogP contribution in [0.2, 0.25) is 0 Å². The lowest BCUT2D eigenvalue weighted by Crippen LogP contribution is -2.39. The van der Waals surface area contributed by atoms with Crippen molar-refractivity contribution in [1.82, 2.24) is 5.32 Å². The number of hydrogen-bond acceptors (Lipinski definition) is 3. The molecule has 0 unspecified atom stereocenters. The van der Waals surface area contributed by atoms with Gasteiger partial charge in [-0.05, 0) is 19.8 Å². The van der Waals surface area contributed by atoms with Gasteiger partial charge >= 0.3 is 0 Å². The van der Waals surface area contributed by atoms with Crippen molar-refractivity contribution in [3.63, 3.8) is 0 Å². The lowest BCUT2D eigenvalue weighted by molar-refractivity contribution is -0.122. The number of carbonyl (C=O) groups excluding carboxylic acids is 1. The zero-order valence-electron chi connectivity index (χ0n) is 9.20. The van der Waals surface area contributed by atoms with E-state index >= 15 is 0 Å². The molecule has 1 saturated carbocycles. The van der Waals surface area contributed by atoms with Crippen molar-refractivity contribution in [1.29, 1.82) is 0 Å². The highest BCUT2D eigenvalue weighted by Crippen LogP contribution is 2.20. The Labute approximate surface area is 97.3 Å². The Morgan fingerprint density at radius 1 is 1.53 bits per heavy atom. The van der Waals surface area contributed by atoms with Crippen LogP contribution in [0.4, 0.5) is 0 Å². The molecule has 1 rings (SSSR count). The number of halogens is 1. The van der Waals surface area contributed by atoms with Crippen LogP contribution < -0.4 is 11.1 Å². The molecular formula is C10H21ClN2O2. The summed E-state index contributed by atoms with van der Waals surface area (Å²) in [6.45, 7) is 2.84. The van der Waals surface area contributed by atoms with Gasteiger partial charge in [-0.15, -0.1) is 12.4 Å². The van der Waals surface area contributed by atoms with Crippen LogP contribution in [-0.2, 0) is 9.53 Å². The van der Waals surface area contributed by atoms with Crippen molar-refractivity contribution in [2.24, 2.45) is 5.73 Å². The molecule has 3 N–H and O–H groups in total. The number of carbonyl (C=O) groups is 1. The van der Waals surface area contributed by atoms with Crippen molar-refractivity contribution in [2.75, 3.05) is 13.2 Å². The van der Waals surface area contributed by atoms with Gasteiger partial charge in [0.15, 0.2) is 0 Å². The van der Waals surface area contributed by atoms with Gasteiger partial charge in [0.1, 0.15) is 0 Å². The first-order chi connectivity index (χ1) is 6.70. The minimum absolute atomic E-state index is 0. The summed E-state index contributed by atoms with van der Waals surface area (Å²) in [6, 6.07) is -0.429. The van der Waals surface area contributed by atoms with Crippen LogP contribution in [0.15, 0.2) is 0 Å². The molecule has 0 aromatic carbocycles. The molecule has 4 nitrogen and oxygen atoms in total. The molecule has 15 heavy (non-hydrogen) atoms. The van der Waals surface area contributed by atoms with Gasteiger partial charge in [0.25, 0.3) is 0 Å². The summed E-state index contributed by atoms with van der Waals surface area (Å²) in [7, 11) is 0. The van der Waals surface area contributed by atoms with E-state index in [9.17, 15) is 4.79 Å². The third-order valence-electron chi connectivity index (χ3n) is 2.47. The Hall–Kier alpha value is -0.320. The number of rotatable bonds is 5. The highest BCUT2D eigenvalue weighted by Gasteiger charge is 2.14. The van der Waals surface area contributed by atoms with Crippen molar-refractivity contribution in [3.8, 4) is 0 Å². The fraction of sp³-hybridized carbons (Fsp3) is 0.900. The highest BCUT2D eigenvalue weighted by molar-refractivity contribution is 5.85. The summed E-state index contributed by atoms with van der Waals surface area (Å²) in [5.41, 5.74) is 5.39. The quantitative estimate of drug-likeness (QED) is 0.695. The zero-order valence-corrected chi connectivity index (χ0v) is 10.0. The van der Waals surface area contributed by atoms with Crippen LogP contribution in [0.25, 0.3) is 0 Å². The molecule has 0 aliphatic heterocycles. The fourth-order valence-corrected chi connectivity index (χ4v) is 1.62. The van der Waals surface area contributed by atoms with E-state index in [1.54, 1.807) is 6.92 Å². The number of hydrogen-bond donors (Lipinski definition) is 2. The second-order valence-electron chi connectivity index (χ2n) is 3.86. The summed E-state index contributed by atoms with van der Waals surface area (Å²) in [5.74, 6) is -0.111. The Balaban J connectivity index is 0.00000196. The number of ether oxygens (including phenoxy) is 1.